The Bertz CT molecular complexity index is 2920. The minimum absolute atomic E-state index is 0.119. The number of alkyl halides is 6. The Hall–Kier alpha value is -2.38. The first-order chi connectivity index (χ1) is 28.7. The highest BCUT2D eigenvalue weighted by Crippen LogP contribution is 2.63. The molecular weight excluding hydrogens is 1180 g/mol. The Labute approximate surface area is 387 Å². The number of carbonyl (C=O) groups is 3. The van der Waals surface area contributed by atoms with E-state index in [4.69, 9.17) is 34.1 Å². The molecule has 0 spiro atoms. The molecular formula is C34H26Br3F6O14P3S3. The van der Waals surface area contributed by atoms with Crippen molar-refractivity contribution in [2.24, 2.45) is 0 Å². The Balaban J connectivity index is 0.000000208. The fourth-order valence-corrected chi connectivity index (χ4v) is 11.8. The zero-order valence-electron chi connectivity index (χ0n) is 31.3. The van der Waals surface area contributed by atoms with Crippen molar-refractivity contribution in [1.82, 2.24) is 0 Å². The summed E-state index contributed by atoms with van der Waals surface area (Å²) in [5, 5.41) is 1.53. The van der Waals surface area contributed by atoms with Gasteiger partial charge in [0.2, 0.25) is 0 Å². The van der Waals surface area contributed by atoms with Gasteiger partial charge in [0.1, 0.15) is 9.75 Å². The van der Waals surface area contributed by atoms with Crippen LogP contribution in [-0.2, 0) is 40.2 Å². The summed E-state index contributed by atoms with van der Waals surface area (Å²) in [5.74, 6) is -1.40. The topological polar surface area (TPSA) is 242 Å². The Morgan fingerprint density at radius 2 is 0.841 bits per heavy atom. The summed E-state index contributed by atoms with van der Waals surface area (Å²) >= 11 is 11.5. The first-order valence-corrected chi connectivity index (χ1v) is 26.1. The number of hydrogen-bond acceptors (Lipinski definition) is 11. The van der Waals surface area contributed by atoms with Crippen molar-refractivity contribution in [3.05, 3.63) is 99.3 Å². The van der Waals surface area contributed by atoms with Crippen LogP contribution in [0, 0.1) is 0 Å². The molecule has 14 nitrogen and oxygen atoms in total. The van der Waals surface area contributed by atoms with Gasteiger partial charge in [-0.05, 0) is 84.6 Å². The molecule has 0 amide bonds. The summed E-state index contributed by atoms with van der Waals surface area (Å²) in [5.41, 5.74) is -15.4. The molecule has 0 aliphatic carbocycles. The van der Waals surface area contributed by atoms with E-state index in [2.05, 4.69) is 52.5 Å². The van der Waals surface area contributed by atoms with E-state index in [0.717, 1.165) is 52.2 Å². The number of rotatable bonds is 10. The molecule has 63 heavy (non-hydrogen) atoms. The molecule has 342 valence electrons. The van der Waals surface area contributed by atoms with Gasteiger partial charge in [0.15, 0.2) is 5.78 Å². The first kappa shape index (κ1) is 53.2. The summed E-state index contributed by atoms with van der Waals surface area (Å²) in [6.07, 6.45) is 0. The van der Waals surface area contributed by atoms with Gasteiger partial charge in [0.05, 0.1) is 18.6 Å². The Kier molecular flexibility index (Phi) is 16.4. The lowest BCUT2D eigenvalue weighted by Gasteiger charge is -2.19. The molecule has 6 rings (SSSR count). The van der Waals surface area contributed by atoms with Crippen LogP contribution in [0.5, 0.6) is 0 Å². The van der Waals surface area contributed by atoms with E-state index in [0.29, 0.717) is 35.1 Å². The summed E-state index contributed by atoms with van der Waals surface area (Å²) < 4.78 is 126. The van der Waals surface area contributed by atoms with Gasteiger partial charge in [-0.15, -0.1) is 34.0 Å². The zero-order valence-corrected chi connectivity index (χ0v) is 41.2. The molecule has 0 fully saturated rings. The second-order valence-corrected chi connectivity index (χ2v) is 23.2. The van der Waals surface area contributed by atoms with E-state index in [1.54, 1.807) is 13.0 Å². The maximum atomic E-state index is 13.9. The molecule has 29 heteroatoms. The van der Waals surface area contributed by atoms with Crippen LogP contribution >= 0.6 is 105 Å². The van der Waals surface area contributed by atoms with Gasteiger partial charge in [0.25, 0.3) is 0 Å². The van der Waals surface area contributed by atoms with Gasteiger partial charge in [-0.25, -0.2) is 9.59 Å². The van der Waals surface area contributed by atoms with Gasteiger partial charge in [-0.2, -0.15) is 26.3 Å². The van der Waals surface area contributed by atoms with Gasteiger partial charge in [-0.3, -0.25) is 18.5 Å². The van der Waals surface area contributed by atoms with Gasteiger partial charge in [0, 0.05) is 44.2 Å². The van der Waals surface area contributed by atoms with Gasteiger partial charge in [-0.1, -0.05) is 47.8 Å². The SMILES string of the molecule is CC(=O)c1cc2cc(Br)c(C(F)(F)P(=O)(O)O)cc2s1.CCOC(=O)c1cc2cc(Br)c(C(F)(F)P(=O)(O)O)cc2s1.COC(=O)c1cc2cc(Br)c(C(F)(F)P(=O)(O)O)cc2s1. The van der Waals surface area contributed by atoms with Crippen LogP contribution in [0.15, 0.2) is 68.0 Å². The summed E-state index contributed by atoms with van der Waals surface area (Å²) in [6, 6.07) is 11.3. The average molecular weight is 1200 g/mol. The minimum Gasteiger partial charge on any atom is -0.465 e. The van der Waals surface area contributed by atoms with E-state index in [1.807, 2.05) is 0 Å². The van der Waals surface area contributed by atoms with Crippen molar-refractivity contribution < 1.29 is 93.3 Å². The Morgan fingerprint density at radius 1 is 0.556 bits per heavy atom. The molecule has 6 aromatic rings. The number of hydrogen-bond donors (Lipinski definition) is 6. The van der Waals surface area contributed by atoms with Crippen LogP contribution in [0.1, 0.15) is 59.6 Å². The maximum absolute atomic E-state index is 13.9. The summed E-state index contributed by atoms with van der Waals surface area (Å²) in [7, 11) is -15.8. The number of halogens is 9. The predicted molar refractivity (Wildman–Crippen MR) is 234 cm³/mol. The maximum Gasteiger partial charge on any atom is 0.399 e. The number of fused-ring (bicyclic) bond motifs is 3. The summed E-state index contributed by atoms with van der Waals surface area (Å²) in [4.78, 5) is 87.9. The van der Waals surface area contributed by atoms with Gasteiger partial charge >= 0.3 is 51.7 Å². The van der Waals surface area contributed by atoms with Crippen molar-refractivity contribution in [3.8, 4) is 0 Å². The molecule has 0 bridgehead atoms. The zero-order chi connectivity index (χ0) is 48.0. The number of benzene rings is 3. The molecule has 3 aromatic heterocycles. The quantitative estimate of drug-likeness (QED) is 0.0324. The molecule has 0 saturated carbocycles. The molecule has 0 aliphatic heterocycles. The highest BCUT2D eigenvalue weighted by molar-refractivity contribution is 9.11. The molecule has 0 radical (unpaired) electrons. The van der Waals surface area contributed by atoms with Crippen molar-refractivity contribution in [3.63, 3.8) is 0 Å². The minimum atomic E-state index is -5.67. The van der Waals surface area contributed by atoms with Crippen LogP contribution < -0.4 is 0 Å². The normalized spacial score (nSPS) is 12.7. The van der Waals surface area contributed by atoms with E-state index >= 15 is 0 Å². The van der Waals surface area contributed by atoms with E-state index in [-0.39, 0.29) is 35.6 Å². The van der Waals surface area contributed by atoms with Crippen LogP contribution in [0.4, 0.5) is 26.3 Å². The van der Waals surface area contributed by atoms with Crippen LogP contribution in [0.25, 0.3) is 30.3 Å². The van der Waals surface area contributed by atoms with E-state index in [9.17, 15) is 54.4 Å². The molecule has 0 atom stereocenters. The molecule has 0 unspecified atom stereocenters. The van der Waals surface area contributed by atoms with Crippen molar-refractivity contribution in [2.75, 3.05) is 13.7 Å². The third-order valence-electron chi connectivity index (χ3n) is 8.10. The lowest BCUT2D eigenvalue weighted by atomic mass is 10.1. The molecule has 3 aromatic carbocycles. The Morgan fingerprint density at radius 3 is 1.11 bits per heavy atom. The van der Waals surface area contributed by atoms with Crippen molar-refractivity contribution >= 4 is 153 Å². The molecule has 0 saturated heterocycles. The highest BCUT2D eigenvalue weighted by atomic mass is 79.9. The highest BCUT2D eigenvalue weighted by Gasteiger charge is 2.53. The number of ketones is 1. The third kappa shape index (κ3) is 11.4. The number of carbonyl (C=O) groups excluding carboxylic acids is 3. The number of esters is 2. The fraction of sp³-hybridized carbons (Fsp3) is 0.206. The van der Waals surface area contributed by atoms with E-state index in [1.165, 1.54) is 44.4 Å². The van der Waals surface area contributed by atoms with Crippen molar-refractivity contribution in [1.29, 1.82) is 0 Å². The van der Waals surface area contributed by atoms with E-state index < -0.39 is 68.4 Å². The van der Waals surface area contributed by atoms with Crippen LogP contribution in [0.3, 0.4) is 0 Å². The third-order valence-corrected chi connectivity index (χ3v) is 16.3. The predicted octanol–water partition coefficient (Wildman–Crippen LogP) is 11.8. The van der Waals surface area contributed by atoms with Crippen LogP contribution in [-0.4, -0.2) is 60.8 Å². The lowest BCUT2D eigenvalue weighted by molar-refractivity contribution is 0.0530. The van der Waals surface area contributed by atoms with Gasteiger partial charge < -0.3 is 38.8 Å². The number of ether oxygens (including phenoxy) is 2. The average Bonchev–Trinajstić information content (AvgIpc) is 3.89. The number of methoxy groups -OCH3 is 1. The first-order valence-electron chi connectivity index (χ1n) is 16.5. The summed E-state index contributed by atoms with van der Waals surface area (Å²) in [6.45, 7) is 3.17. The fourth-order valence-electron chi connectivity index (χ4n) is 5.02. The molecule has 0 aliphatic rings. The van der Waals surface area contributed by atoms with Crippen LogP contribution in [0.2, 0.25) is 0 Å². The number of Topliss-reactive ketones (excluding diaryl/α,β-unsaturated/α-hetero) is 1. The lowest BCUT2D eigenvalue weighted by Crippen LogP contribution is -2.14. The largest absolute Gasteiger partial charge is 0.465 e. The number of thiophene rings is 3. The molecule has 6 N–H and O–H groups in total. The molecule has 3 heterocycles. The standard InChI is InChI=1S/C12H10BrF2O5PS.C11H8BrF2O5PS.C11H8BrF2O4PS/c1-2-20-11(16)10-4-6-3-8(13)7(5-9(6)22-10)12(14,15)21(17,18)19;1-19-10(15)9-3-5-2-7(12)6(4-8(5)21-9)11(13,14)20(16,17)18;1-5(15)9-3-6-2-8(12)7(4-10(6)20-9)11(13,14)19(16,17)18/h3-5H,2H2,1H3,(H2,17,18,19);2-4H,1H3,(H2,16,17,18);2-4H,1H3,(H2,16,17,18). The monoisotopic (exact) mass is 1200 g/mol. The van der Waals surface area contributed by atoms with Crippen molar-refractivity contribution in [2.45, 2.75) is 30.8 Å². The smallest absolute Gasteiger partial charge is 0.399 e. The second kappa shape index (κ2) is 19.5. The second-order valence-electron chi connectivity index (χ2n) is 12.5.